The summed E-state index contributed by atoms with van der Waals surface area (Å²) in [6, 6.07) is 6.37. The Balaban J connectivity index is 1.71. The van der Waals surface area contributed by atoms with Crippen molar-refractivity contribution in [3.8, 4) is 0 Å². The summed E-state index contributed by atoms with van der Waals surface area (Å²) in [5.74, 6) is 0.296. The predicted molar refractivity (Wildman–Crippen MR) is 67.5 cm³/mol. The van der Waals surface area contributed by atoms with E-state index in [4.69, 9.17) is 18.3 Å². The molecule has 0 saturated heterocycles. The van der Waals surface area contributed by atoms with E-state index in [0.29, 0.717) is 11.5 Å². The van der Waals surface area contributed by atoms with Gasteiger partial charge < -0.3 is 18.3 Å². The van der Waals surface area contributed by atoms with E-state index in [9.17, 15) is 9.59 Å². The summed E-state index contributed by atoms with van der Waals surface area (Å²) in [4.78, 5) is 23.0. The molecule has 0 atom stereocenters. The topological polar surface area (TPSA) is 78.9 Å². The molecule has 6 heteroatoms. The Morgan fingerprint density at radius 2 is 1.25 bits per heavy atom. The summed E-state index contributed by atoms with van der Waals surface area (Å²) in [6.07, 6.45) is 0. The molecular formula is C14H14O6. The van der Waals surface area contributed by atoms with Crippen molar-refractivity contribution < 1.29 is 27.9 Å². The van der Waals surface area contributed by atoms with Crippen LogP contribution in [0, 0.1) is 13.8 Å². The van der Waals surface area contributed by atoms with Gasteiger partial charge >= 0.3 is 11.9 Å². The average Bonchev–Trinajstić information content (AvgIpc) is 3.03. The molecule has 0 aliphatic carbocycles. The SMILES string of the molecule is Cc1ccc(C(=O)OCCOC(=O)c2ccc(C)o2)o1. The van der Waals surface area contributed by atoms with Crippen molar-refractivity contribution >= 4 is 11.9 Å². The summed E-state index contributed by atoms with van der Waals surface area (Å²) >= 11 is 0. The number of ether oxygens (including phenoxy) is 2. The predicted octanol–water partition coefficient (Wildman–Crippen LogP) is 2.50. The molecule has 0 N–H and O–H groups in total. The van der Waals surface area contributed by atoms with Gasteiger partial charge in [-0.3, -0.25) is 0 Å². The Labute approximate surface area is 115 Å². The molecule has 0 unspecified atom stereocenters. The van der Waals surface area contributed by atoms with Crippen LogP contribution in [-0.2, 0) is 9.47 Å². The quantitative estimate of drug-likeness (QED) is 0.617. The first-order valence-corrected chi connectivity index (χ1v) is 6.03. The van der Waals surface area contributed by atoms with Crippen molar-refractivity contribution in [3.05, 3.63) is 47.3 Å². The standard InChI is InChI=1S/C14H14O6/c1-9-3-5-11(19-9)13(15)17-7-8-18-14(16)12-6-4-10(2)20-12/h3-6H,7-8H2,1-2H3. The van der Waals surface area contributed by atoms with Gasteiger partial charge in [-0.2, -0.15) is 0 Å². The first-order chi connectivity index (χ1) is 9.56. The van der Waals surface area contributed by atoms with Gasteiger partial charge in [-0.05, 0) is 38.1 Å². The first-order valence-electron chi connectivity index (χ1n) is 6.03. The van der Waals surface area contributed by atoms with Gasteiger partial charge in [0.1, 0.15) is 24.7 Å². The average molecular weight is 278 g/mol. The highest BCUT2D eigenvalue weighted by Crippen LogP contribution is 2.09. The number of aryl methyl sites for hydroxylation is 2. The normalized spacial score (nSPS) is 10.3. The van der Waals surface area contributed by atoms with E-state index < -0.39 is 11.9 Å². The molecule has 2 aromatic rings. The molecule has 0 aliphatic heterocycles. The highest BCUT2D eigenvalue weighted by molar-refractivity contribution is 5.87. The lowest BCUT2D eigenvalue weighted by atomic mass is 10.4. The van der Waals surface area contributed by atoms with Crippen molar-refractivity contribution in [1.82, 2.24) is 0 Å². The molecule has 0 saturated carbocycles. The molecule has 2 heterocycles. The summed E-state index contributed by atoms with van der Waals surface area (Å²) in [5, 5.41) is 0. The van der Waals surface area contributed by atoms with E-state index in [1.54, 1.807) is 26.0 Å². The third kappa shape index (κ3) is 3.50. The molecule has 6 nitrogen and oxygen atoms in total. The van der Waals surface area contributed by atoms with Gasteiger partial charge in [0.05, 0.1) is 0 Å². The molecular weight excluding hydrogens is 264 g/mol. The highest BCUT2D eigenvalue weighted by atomic mass is 16.6. The van der Waals surface area contributed by atoms with Gasteiger partial charge in [0.25, 0.3) is 0 Å². The fourth-order valence-electron chi connectivity index (χ4n) is 1.50. The van der Waals surface area contributed by atoms with Crippen LogP contribution in [0.3, 0.4) is 0 Å². The smallest absolute Gasteiger partial charge is 0.374 e. The third-order valence-electron chi connectivity index (χ3n) is 2.43. The van der Waals surface area contributed by atoms with Crippen LogP contribution in [0.15, 0.2) is 33.1 Å². The second kappa shape index (κ2) is 6.10. The van der Waals surface area contributed by atoms with Gasteiger partial charge in [-0.25, -0.2) is 9.59 Å². The maximum absolute atomic E-state index is 11.5. The lowest BCUT2D eigenvalue weighted by molar-refractivity contribution is 0.0228. The number of hydrogen-bond acceptors (Lipinski definition) is 6. The minimum absolute atomic E-state index is 0.0516. The number of carbonyl (C=O) groups is 2. The van der Waals surface area contributed by atoms with E-state index in [1.165, 1.54) is 12.1 Å². The molecule has 2 aromatic heterocycles. The third-order valence-corrected chi connectivity index (χ3v) is 2.43. The van der Waals surface area contributed by atoms with Crippen molar-refractivity contribution in [2.45, 2.75) is 13.8 Å². The summed E-state index contributed by atoms with van der Waals surface area (Å²) in [7, 11) is 0. The molecule has 0 bridgehead atoms. The van der Waals surface area contributed by atoms with E-state index in [-0.39, 0.29) is 24.7 Å². The van der Waals surface area contributed by atoms with Gasteiger partial charge in [-0.15, -0.1) is 0 Å². The van der Waals surface area contributed by atoms with E-state index in [0.717, 1.165) is 0 Å². The zero-order chi connectivity index (χ0) is 14.5. The van der Waals surface area contributed by atoms with Gasteiger partial charge in [-0.1, -0.05) is 0 Å². The Kier molecular flexibility index (Phi) is 4.24. The minimum atomic E-state index is -0.594. The van der Waals surface area contributed by atoms with Crippen LogP contribution in [0.4, 0.5) is 0 Å². The maximum Gasteiger partial charge on any atom is 0.374 e. The molecule has 0 fully saturated rings. The number of hydrogen-bond donors (Lipinski definition) is 0. The Morgan fingerprint density at radius 3 is 1.55 bits per heavy atom. The molecule has 2 rings (SSSR count). The fraction of sp³-hybridized carbons (Fsp3) is 0.286. The second-order valence-corrected chi connectivity index (χ2v) is 4.09. The maximum atomic E-state index is 11.5. The van der Waals surface area contributed by atoms with Crippen LogP contribution in [0.25, 0.3) is 0 Å². The minimum Gasteiger partial charge on any atom is -0.456 e. The summed E-state index contributed by atoms with van der Waals surface area (Å²) < 4.78 is 20.0. The summed E-state index contributed by atoms with van der Waals surface area (Å²) in [6.45, 7) is 3.35. The van der Waals surface area contributed by atoms with E-state index in [1.807, 2.05) is 0 Å². The van der Waals surface area contributed by atoms with Gasteiger partial charge in [0.15, 0.2) is 0 Å². The molecule has 20 heavy (non-hydrogen) atoms. The molecule has 0 spiro atoms. The van der Waals surface area contributed by atoms with Crippen LogP contribution < -0.4 is 0 Å². The van der Waals surface area contributed by atoms with Gasteiger partial charge in [0.2, 0.25) is 11.5 Å². The van der Waals surface area contributed by atoms with Crippen molar-refractivity contribution in [2.75, 3.05) is 13.2 Å². The van der Waals surface area contributed by atoms with Crippen LogP contribution >= 0.6 is 0 Å². The van der Waals surface area contributed by atoms with Crippen LogP contribution in [0.1, 0.15) is 32.6 Å². The number of carbonyl (C=O) groups excluding carboxylic acids is 2. The Morgan fingerprint density at radius 1 is 0.850 bits per heavy atom. The number of esters is 2. The Hall–Kier alpha value is -2.50. The van der Waals surface area contributed by atoms with Gasteiger partial charge in [0, 0.05) is 0 Å². The van der Waals surface area contributed by atoms with Crippen LogP contribution in [-0.4, -0.2) is 25.2 Å². The zero-order valence-electron chi connectivity index (χ0n) is 11.2. The number of furan rings is 2. The van der Waals surface area contributed by atoms with Crippen molar-refractivity contribution in [1.29, 1.82) is 0 Å². The molecule has 0 aliphatic rings. The van der Waals surface area contributed by atoms with Crippen molar-refractivity contribution in [3.63, 3.8) is 0 Å². The zero-order valence-corrected chi connectivity index (χ0v) is 11.2. The van der Waals surface area contributed by atoms with E-state index >= 15 is 0 Å². The highest BCUT2D eigenvalue weighted by Gasteiger charge is 2.13. The lowest BCUT2D eigenvalue weighted by Crippen LogP contribution is -2.13. The second-order valence-electron chi connectivity index (χ2n) is 4.09. The van der Waals surface area contributed by atoms with Crippen LogP contribution in [0.5, 0.6) is 0 Å². The van der Waals surface area contributed by atoms with E-state index in [2.05, 4.69) is 0 Å². The molecule has 0 radical (unpaired) electrons. The van der Waals surface area contributed by atoms with Crippen molar-refractivity contribution in [2.24, 2.45) is 0 Å². The largest absolute Gasteiger partial charge is 0.456 e. The fourth-order valence-corrected chi connectivity index (χ4v) is 1.50. The monoisotopic (exact) mass is 278 g/mol. The van der Waals surface area contributed by atoms with Crippen LogP contribution in [0.2, 0.25) is 0 Å². The molecule has 106 valence electrons. The summed E-state index contributed by atoms with van der Waals surface area (Å²) in [5.41, 5.74) is 0. The molecule has 0 aromatic carbocycles. The number of rotatable bonds is 5. The molecule has 0 amide bonds. The first kappa shape index (κ1) is 13.9. The Bertz CT molecular complexity index is 552. The lowest BCUT2D eigenvalue weighted by Gasteiger charge is -2.04.